The van der Waals surface area contributed by atoms with Crippen molar-refractivity contribution in [2.75, 3.05) is 0 Å². The average Bonchev–Trinajstić information content (AvgIpc) is 2.91. The Hall–Kier alpha value is -3.61. The van der Waals surface area contributed by atoms with Gasteiger partial charge in [0.2, 0.25) is 5.78 Å². The molecule has 228 valence electrons. The lowest BCUT2D eigenvalue weighted by atomic mass is 9.89. The van der Waals surface area contributed by atoms with Crippen molar-refractivity contribution in [2.45, 2.75) is 90.4 Å². The third kappa shape index (κ3) is 6.11. The summed E-state index contributed by atoms with van der Waals surface area (Å²) in [6.45, 7) is 8.92. The van der Waals surface area contributed by atoms with Crippen LogP contribution in [0, 0.1) is 0 Å². The van der Waals surface area contributed by atoms with Crippen LogP contribution in [0.1, 0.15) is 67.8 Å². The number of ether oxygens (including phenoxy) is 3. The van der Waals surface area contributed by atoms with Crippen LogP contribution in [0.15, 0.2) is 41.5 Å². The second-order valence-electron chi connectivity index (χ2n) is 11.3. The number of hydrogen-bond donors (Lipinski definition) is 7. The lowest BCUT2D eigenvalue weighted by Crippen LogP contribution is -2.59. The molecule has 4 rings (SSSR count). The molecule has 2 aliphatic heterocycles. The van der Waals surface area contributed by atoms with Crippen LogP contribution in [0.4, 0.5) is 0 Å². The fraction of sp³-hybridized carbons (Fsp3) is 0.452. The van der Waals surface area contributed by atoms with Gasteiger partial charge in [0.25, 0.3) is 0 Å². The van der Waals surface area contributed by atoms with Gasteiger partial charge in [0.15, 0.2) is 30.0 Å². The topological polar surface area (TPSA) is 186 Å². The molecule has 2 aliphatic rings. The number of hydrogen-bond acceptors (Lipinski definition) is 11. The Morgan fingerprint density at radius 3 is 2.14 bits per heavy atom. The van der Waals surface area contributed by atoms with Crippen LogP contribution in [0.25, 0.3) is 0 Å². The van der Waals surface area contributed by atoms with Gasteiger partial charge in [0.1, 0.15) is 41.1 Å². The van der Waals surface area contributed by atoms with E-state index in [0.717, 1.165) is 17.2 Å². The van der Waals surface area contributed by atoms with Crippen molar-refractivity contribution in [3.05, 3.63) is 63.8 Å². The van der Waals surface area contributed by atoms with Gasteiger partial charge in [0.05, 0.1) is 6.10 Å². The van der Waals surface area contributed by atoms with E-state index in [1.54, 1.807) is 0 Å². The highest BCUT2D eigenvalue weighted by atomic mass is 16.7. The number of carbonyl (C=O) groups excluding carboxylic acids is 1. The number of aliphatic hydroxyl groups excluding tert-OH is 3. The molecule has 0 radical (unpaired) electrons. The van der Waals surface area contributed by atoms with Gasteiger partial charge < -0.3 is 50.0 Å². The maximum Gasteiger partial charge on any atom is 0.203 e. The van der Waals surface area contributed by atoms with Gasteiger partial charge in [0, 0.05) is 17.2 Å². The summed E-state index contributed by atoms with van der Waals surface area (Å²) in [5, 5.41) is 73.6. The first-order chi connectivity index (χ1) is 19.7. The normalized spacial score (nSPS) is 27.1. The summed E-state index contributed by atoms with van der Waals surface area (Å²) in [6.07, 6.45) is -6.21. The molecule has 0 spiro atoms. The maximum atomic E-state index is 14.1. The van der Waals surface area contributed by atoms with Gasteiger partial charge in [-0.2, -0.15) is 0 Å². The number of Topliss-reactive ketones (excluding diaryl/α,β-unsaturated/α-hetero) is 1. The Morgan fingerprint density at radius 1 is 0.857 bits per heavy atom. The highest BCUT2D eigenvalue weighted by Gasteiger charge is 2.49. The fourth-order valence-corrected chi connectivity index (χ4v) is 4.99. The average molecular weight is 587 g/mol. The second-order valence-corrected chi connectivity index (χ2v) is 11.3. The number of carbonyl (C=O) groups is 1. The van der Waals surface area contributed by atoms with E-state index >= 15 is 0 Å². The number of aromatic hydroxyl groups is 4. The van der Waals surface area contributed by atoms with Crippen molar-refractivity contribution in [3.8, 4) is 28.7 Å². The Kier molecular flexibility index (Phi) is 9.19. The van der Waals surface area contributed by atoms with Gasteiger partial charge in [-0.05, 0) is 65.2 Å². The lowest BCUT2D eigenvalue weighted by Gasteiger charge is -2.42. The van der Waals surface area contributed by atoms with E-state index < -0.39 is 60.2 Å². The number of allylic oxidation sites excluding steroid dienone is 4. The number of phenolic OH excluding ortho intramolecular Hbond substituents is 4. The molecule has 7 N–H and O–H groups in total. The van der Waals surface area contributed by atoms with Crippen molar-refractivity contribution in [1.29, 1.82) is 0 Å². The van der Waals surface area contributed by atoms with Gasteiger partial charge >= 0.3 is 0 Å². The van der Waals surface area contributed by atoms with Crippen LogP contribution in [-0.4, -0.2) is 78.3 Å². The molecular weight excluding hydrogens is 548 g/mol. The predicted molar refractivity (Wildman–Crippen MR) is 151 cm³/mol. The molecule has 2 aromatic rings. The van der Waals surface area contributed by atoms with Gasteiger partial charge in [-0.3, -0.25) is 4.79 Å². The van der Waals surface area contributed by atoms with E-state index in [2.05, 4.69) is 0 Å². The third-order valence-corrected chi connectivity index (χ3v) is 7.42. The number of rotatable bonds is 7. The zero-order valence-corrected chi connectivity index (χ0v) is 24.1. The van der Waals surface area contributed by atoms with Crippen molar-refractivity contribution >= 4 is 5.78 Å². The standard InChI is InChI=1S/C31H38O11/c1-13(2)6-8-16-10-17(11-21(34)24(16)36)28-30(42-31-27(39)26(38)23(35)15(5)40-31)25(37)22-20(33)12-19(32)18(29(22)41-28)9-7-14(3)4/h6-7,10-12,15,23,26-28,30-36,38-39H,8-9H2,1-5H3. The zero-order valence-electron chi connectivity index (χ0n) is 24.1. The summed E-state index contributed by atoms with van der Waals surface area (Å²) >= 11 is 0. The molecule has 1 saturated heterocycles. The number of aliphatic hydroxyl groups is 3. The van der Waals surface area contributed by atoms with E-state index in [4.69, 9.17) is 14.2 Å². The predicted octanol–water partition coefficient (Wildman–Crippen LogP) is 3.06. The molecule has 7 unspecified atom stereocenters. The van der Waals surface area contributed by atoms with Gasteiger partial charge in [-0.1, -0.05) is 23.3 Å². The molecule has 2 heterocycles. The summed E-state index contributed by atoms with van der Waals surface area (Å²) in [7, 11) is 0. The Morgan fingerprint density at radius 2 is 1.50 bits per heavy atom. The van der Waals surface area contributed by atoms with E-state index in [9.17, 15) is 40.5 Å². The Balaban J connectivity index is 1.87. The van der Waals surface area contributed by atoms with Crippen LogP contribution in [0.2, 0.25) is 0 Å². The molecular formula is C31H38O11. The smallest absolute Gasteiger partial charge is 0.203 e. The van der Waals surface area contributed by atoms with Crippen molar-refractivity contribution in [2.24, 2.45) is 0 Å². The quantitative estimate of drug-likeness (QED) is 0.187. The number of benzene rings is 2. The Labute approximate surface area is 243 Å². The summed E-state index contributed by atoms with van der Waals surface area (Å²) in [6, 6.07) is 3.77. The molecule has 1 fully saturated rings. The van der Waals surface area contributed by atoms with Crippen LogP contribution in [0.5, 0.6) is 28.7 Å². The molecule has 7 atom stereocenters. The van der Waals surface area contributed by atoms with E-state index in [-0.39, 0.29) is 46.8 Å². The molecule has 2 aromatic carbocycles. The molecule has 0 aromatic heterocycles. The van der Waals surface area contributed by atoms with Crippen molar-refractivity contribution in [3.63, 3.8) is 0 Å². The SMILES string of the molecule is CC(C)=CCc1cc(C2Oc3c(CC=C(C)C)c(O)cc(O)c3C(=O)C2OC2OC(C)C(O)C(O)C2O)cc(O)c1O. The largest absolute Gasteiger partial charge is 0.507 e. The van der Waals surface area contributed by atoms with Crippen LogP contribution < -0.4 is 4.74 Å². The minimum atomic E-state index is -1.74. The number of fused-ring (bicyclic) bond motifs is 1. The van der Waals surface area contributed by atoms with E-state index in [1.807, 2.05) is 39.8 Å². The second kappa shape index (κ2) is 12.3. The fourth-order valence-electron chi connectivity index (χ4n) is 4.99. The van der Waals surface area contributed by atoms with Crippen LogP contribution in [0.3, 0.4) is 0 Å². The van der Waals surface area contributed by atoms with Crippen LogP contribution >= 0.6 is 0 Å². The first kappa shape index (κ1) is 31.3. The monoisotopic (exact) mass is 586 g/mol. The summed E-state index contributed by atoms with van der Waals surface area (Å²) in [5.41, 5.74) is 2.40. The molecule has 11 heteroatoms. The molecule has 0 aliphatic carbocycles. The van der Waals surface area contributed by atoms with E-state index in [1.165, 1.54) is 19.1 Å². The molecule has 42 heavy (non-hydrogen) atoms. The molecule has 0 saturated carbocycles. The first-order valence-electron chi connectivity index (χ1n) is 13.7. The Bertz CT molecular complexity index is 1400. The van der Waals surface area contributed by atoms with E-state index in [0.29, 0.717) is 5.56 Å². The van der Waals surface area contributed by atoms with Crippen molar-refractivity contribution < 1.29 is 54.8 Å². The summed E-state index contributed by atoms with van der Waals surface area (Å²) in [5.74, 6) is -2.56. The molecule has 0 bridgehead atoms. The number of ketones is 1. The van der Waals surface area contributed by atoms with Gasteiger partial charge in [-0.15, -0.1) is 0 Å². The van der Waals surface area contributed by atoms with Crippen molar-refractivity contribution in [1.82, 2.24) is 0 Å². The minimum absolute atomic E-state index is 0.0906. The highest BCUT2D eigenvalue weighted by molar-refractivity contribution is 6.06. The first-order valence-corrected chi connectivity index (χ1v) is 13.7. The van der Waals surface area contributed by atoms with Crippen LogP contribution in [-0.2, 0) is 22.3 Å². The lowest BCUT2D eigenvalue weighted by molar-refractivity contribution is -0.304. The summed E-state index contributed by atoms with van der Waals surface area (Å²) < 4.78 is 17.8. The highest BCUT2D eigenvalue weighted by Crippen LogP contribution is 2.48. The number of phenols is 4. The minimum Gasteiger partial charge on any atom is -0.507 e. The maximum absolute atomic E-state index is 14.1. The summed E-state index contributed by atoms with van der Waals surface area (Å²) in [4.78, 5) is 14.1. The molecule has 11 nitrogen and oxygen atoms in total. The van der Waals surface area contributed by atoms with Gasteiger partial charge in [-0.25, -0.2) is 0 Å². The zero-order chi connectivity index (χ0) is 31.0. The molecule has 0 amide bonds. The third-order valence-electron chi connectivity index (χ3n) is 7.42.